The predicted molar refractivity (Wildman–Crippen MR) is 79.9 cm³/mol. The number of carbonyl (C=O) groups excluding carboxylic acids is 1. The van der Waals surface area contributed by atoms with E-state index in [0.717, 1.165) is 18.5 Å². The van der Waals surface area contributed by atoms with Crippen LogP contribution < -0.4 is 5.36 Å². The quantitative estimate of drug-likeness (QED) is 0.626. The topological polar surface area (TPSA) is 56.5 Å². The van der Waals surface area contributed by atoms with E-state index in [9.17, 15) is 4.79 Å². The molecule has 0 unspecified atom stereocenters. The summed E-state index contributed by atoms with van der Waals surface area (Å²) in [5.41, 5.74) is 0.941. The van der Waals surface area contributed by atoms with Gasteiger partial charge >= 0.3 is 6.09 Å². The molecule has 0 aliphatic heterocycles. The molecule has 1 aromatic heterocycles. The molecule has 0 bridgehead atoms. The van der Waals surface area contributed by atoms with Gasteiger partial charge in [0.15, 0.2) is 0 Å². The van der Waals surface area contributed by atoms with E-state index in [-0.39, 0.29) is 0 Å². The third-order valence-electron chi connectivity index (χ3n) is 2.72. The molecule has 2 rings (SSSR count). The van der Waals surface area contributed by atoms with E-state index in [0.29, 0.717) is 12.0 Å². The summed E-state index contributed by atoms with van der Waals surface area (Å²) in [4.78, 5) is 15.3. The first-order chi connectivity index (χ1) is 10.3. The molecule has 0 saturated heterocycles. The Hall–Kier alpha value is -2.69. The largest absolute Gasteiger partial charge is 0.448 e. The molecule has 0 spiro atoms. The van der Waals surface area contributed by atoms with E-state index in [4.69, 9.17) is 4.74 Å². The van der Waals surface area contributed by atoms with Gasteiger partial charge in [-0.25, -0.2) is 9.48 Å². The van der Waals surface area contributed by atoms with Crippen LogP contribution in [0.2, 0.25) is 0 Å². The molecular weight excluding hydrogens is 266 g/mol. The van der Waals surface area contributed by atoms with Crippen molar-refractivity contribution in [2.24, 2.45) is 4.99 Å². The molecule has 1 aromatic carbocycles. The molecule has 5 nitrogen and oxygen atoms in total. The van der Waals surface area contributed by atoms with Crippen LogP contribution in [-0.2, 0) is 4.74 Å². The van der Waals surface area contributed by atoms with E-state index < -0.39 is 6.09 Å². The SMILES string of the molecule is C=CCCCOC(=O)/N=c1\ccn(-c2ccccc2)nc1. The zero-order chi connectivity index (χ0) is 14.9. The second-order valence-corrected chi connectivity index (χ2v) is 4.32. The molecule has 0 fully saturated rings. The monoisotopic (exact) mass is 283 g/mol. The molecule has 0 aliphatic carbocycles. The van der Waals surface area contributed by atoms with Gasteiger partial charge in [-0.2, -0.15) is 10.1 Å². The van der Waals surface area contributed by atoms with Crippen LogP contribution >= 0.6 is 0 Å². The predicted octanol–water partition coefficient (Wildman–Crippen LogP) is 2.88. The molecular formula is C16H17N3O2. The Labute approximate surface area is 123 Å². The number of allylic oxidation sites excluding steroid dienone is 1. The van der Waals surface area contributed by atoms with E-state index in [2.05, 4.69) is 16.7 Å². The van der Waals surface area contributed by atoms with Gasteiger partial charge < -0.3 is 4.74 Å². The number of hydrogen-bond donors (Lipinski definition) is 0. The summed E-state index contributed by atoms with van der Waals surface area (Å²) < 4.78 is 6.68. The Morgan fingerprint density at radius 1 is 1.33 bits per heavy atom. The zero-order valence-electron chi connectivity index (χ0n) is 11.7. The van der Waals surface area contributed by atoms with Gasteiger partial charge in [0.1, 0.15) is 0 Å². The average molecular weight is 283 g/mol. The molecule has 5 heteroatoms. The normalized spacial score (nSPS) is 11.1. The smallest absolute Gasteiger partial charge is 0.434 e. The average Bonchev–Trinajstić information content (AvgIpc) is 2.53. The Kier molecular flexibility index (Phi) is 5.46. The molecule has 2 aromatic rings. The van der Waals surface area contributed by atoms with Crippen molar-refractivity contribution in [1.82, 2.24) is 9.78 Å². The summed E-state index contributed by atoms with van der Waals surface area (Å²) in [6.07, 6.45) is 6.03. The van der Waals surface area contributed by atoms with Crippen molar-refractivity contribution in [3.8, 4) is 5.69 Å². The fourth-order valence-electron chi connectivity index (χ4n) is 1.67. The molecule has 0 N–H and O–H groups in total. The molecule has 1 amide bonds. The lowest BCUT2D eigenvalue weighted by atomic mass is 10.3. The summed E-state index contributed by atoms with van der Waals surface area (Å²) in [5, 5.41) is 4.68. The van der Waals surface area contributed by atoms with Crippen molar-refractivity contribution in [2.75, 3.05) is 6.61 Å². The van der Waals surface area contributed by atoms with Crippen LogP contribution in [0.3, 0.4) is 0 Å². The maximum Gasteiger partial charge on any atom is 0.434 e. The van der Waals surface area contributed by atoms with Gasteiger partial charge in [-0.3, -0.25) is 0 Å². The molecule has 21 heavy (non-hydrogen) atoms. The minimum atomic E-state index is -0.599. The van der Waals surface area contributed by atoms with E-state index >= 15 is 0 Å². The highest BCUT2D eigenvalue weighted by Crippen LogP contribution is 2.02. The molecule has 0 saturated carbocycles. The number of amides is 1. The van der Waals surface area contributed by atoms with Crippen molar-refractivity contribution >= 4 is 6.09 Å². The molecule has 108 valence electrons. The van der Waals surface area contributed by atoms with Crippen molar-refractivity contribution in [1.29, 1.82) is 0 Å². The van der Waals surface area contributed by atoms with Gasteiger partial charge in [0.25, 0.3) is 0 Å². The number of ether oxygens (including phenoxy) is 1. The van der Waals surface area contributed by atoms with Crippen molar-refractivity contribution in [2.45, 2.75) is 12.8 Å². The first-order valence-electron chi connectivity index (χ1n) is 6.72. The van der Waals surface area contributed by atoms with Gasteiger partial charge in [0.05, 0.1) is 23.8 Å². The third kappa shape index (κ3) is 4.72. The zero-order valence-corrected chi connectivity index (χ0v) is 11.7. The van der Waals surface area contributed by atoms with Crippen LogP contribution in [0.5, 0.6) is 0 Å². The number of hydrogen-bond acceptors (Lipinski definition) is 3. The molecule has 0 atom stereocenters. The Bertz CT molecular complexity index is 642. The van der Waals surface area contributed by atoms with Crippen LogP contribution in [0.25, 0.3) is 5.69 Å². The van der Waals surface area contributed by atoms with Crippen LogP contribution in [0.1, 0.15) is 12.8 Å². The number of aromatic nitrogens is 2. The lowest BCUT2D eigenvalue weighted by molar-refractivity contribution is 0.155. The van der Waals surface area contributed by atoms with Crippen molar-refractivity contribution in [3.63, 3.8) is 0 Å². The Morgan fingerprint density at radius 3 is 2.81 bits per heavy atom. The Balaban J connectivity index is 2.00. The van der Waals surface area contributed by atoms with Crippen LogP contribution in [-0.4, -0.2) is 22.5 Å². The number of nitrogens with zero attached hydrogens (tertiary/aromatic N) is 3. The second kappa shape index (κ2) is 7.79. The number of para-hydroxylation sites is 1. The lowest BCUT2D eigenvalue weighted by Gasteiger charge is -2.03. The van der Waals surface area contributed by atoms with Gasteiger partial charge in [0, 0.05) is 6.20 Å². The van der Waals surface area contributed by atoms with Crippen LogP contribution in [0, 0.1) is 0 Å². The van der Waals surface area contributed by atoms with E-state index in [1.54, 1.807) is 23.0 Å². The fraction of sp³-hybridized carbons (Fsp3) is 0.188. The van der Waals surface area contributed by atoms with Gasteiger partial charge in [0.2, 0.25) is 0 Å². The maximum absolute atomic E-state index is 11.5. The first-order valence-corrected chi connectivity index (χ1v) is 6.72. The van der Waals surface area contributed by atoms with E-state index in [1.165, 1.54) is 6.20 Å². The molecule has 0 radical (unpaired) electrons. The number of carbonyl (C=O) groups is 1. The highest BCUT2D eigenvalue weighted by atomic mass is 16.5. The molecule has 1 heterocycles. The summed E-state index contributed by atoms with van der Waals surface area (Å²) in [6, 6.07) is 11.4. The minimum Gasteiger partial charge on any atom is -0.448 e. The van der Waals surface area contributed by atoms with Gasteiger partial charge in [-0.05, 0) is 31.0 Å². The van der Waals surface area contributed by atoms with Crippen molar-refractivity contribution in [3.05, 3.63) is 66.8 Å². The first kappa shape index (κ1) is 14.7. The number of rotatable bonds is 5. The summed E-state index contributed by atoms with van der Waals surface area (Å²) >= 11 is 0. The standard InChI is InChI=1S/C16H17N3O2/c1-2-3-7-12-21-16(20)18-14-10-11-19(17-13-14)15-8-5-4-6-9-15/h2,4-6,8-11,13H,1,3,7,12H2/b18-14+. The highest BCUT2D eigenvalue weighted by molar-refractivity contribution is 5.68. The minimum absolute atomic E-state index is 0.346. The van der Waals surface area contributed by atoms with Crippen LogP contribution in [0.4, 0.5) is 4.79 Å². The van der Waals surface area contributed by atoms with Gasteiger partial charge in [-0.1, -0.05) is 24.3 Å². The number of unbranched alkanes of at least 4 members (excludes halogenated alkanes) is 1. The maximum atomic E-state index is 11.5. The van der Waals surface area contributed by atoms with Crippen LogP contribution in [0.15, 0.2) is 66.4 Å². The lowest BCUT2D eigenvalue weighted by Crippen LogP contribution is -2.12. The Morgan fingerprint density at radius 2 is 2.14 bits per heavy atom. The summed E-state index contributed by atoms with van der Waals surface area (Å²) in [5.74, 6) is 0. The summed E-state index contributed by atoms with van der Waals surface area (Å²) in [7, 11) is 0. The molecule has 0 aliphatic rings. The van der Waals surface area contributed by atoms with Crippen molar-refractivity contribution < 1.29 is 9.53 Å². The fourth-order valence-corrected chi connectivity index (χ4v) is 1.67. The second-order valence-electron chi connectivity index (χ2n) is 4.32. The van der Waals surface area contributed by atoms with Gasteiger partial charge in [-0.15, -0.1) is 6.58 Å². The third-order valence-corrected chi connectivity index (χ3v) is 2.72. The highest BCUT2D eigenvalue weighted by Gasteiger charge is 1.98. The number of benzene rings is 1. The summed E-state index contributed by atoms with van der Waals surface area (Å²) in [6.45, 7) is 3.95. The van der Waals surface area contributed by atoms with E-state index in [1.807, 2.05) is 30.3 Å².